The summed E-state index contributed by atoms with van der Waals surface area (Å²) in [5, 5.41) is 13.2. The van der Waals surface area contributed by atoms with E-state index in [0.717, 1.165) is 37.3 Å². The maximum Gasteiger partial charge on any atom is 0.122 e. The Labute approximate surface area is 110 Å². The van der Waals surface area contributed by atoms with Crippen molar-refractivity contribution in [1.29, 1.82) is 0 Å². The molecule has 0 radical (unpaired) electrons. The maximum absolute atomic E-state index is 9.83. The average Bonchev–Trinajstić information content (AvgIpc) is 2.32. The summed E-state index contributed by atoms with van der Waals surface area (Å²) in [6.07, 6.45) is 0.999. The molecule has 0 fully saturated rings. The maximum atomic E-state index is 9.83. The highest BCUT2D eigenvalue weighted by Crippen LogP contribution is 2.20. The zero-order valence-corrected chi connectivity index (χ0v) is 11.7. The lowest BCUT2D eigenvalue weighted by Gasteiger charge is -2.09. The van der Waals surface area contributed by atoms with Gasteiger partial charge >= 0.3 is 0 Å². The third kappa shape index (κ3) is 5.52. The molecule has 0 amide bonds. The van der Waals surface area contributed by atoms with Crippen LogP contribution in [0.2, 0.25) is 0 Å². The first-order valence-corrected chi connectivity index (χ1v) is 6.67. The number of phenols is 1. The molecule has 102 valence electrons. The molecular weight excluding hydrogens is 226 g/mol. The summed E-state index contributed by atoms with van der Waals surface area (Å²) in [7, 11) is 0. The van der Waals surface area contributed by atoms with E-state index < -0.39 is 0 Å². The van der Waals surface area contributed by atoms with Crippen molar-refractivity contribution in [2.24, 2.45) is 5.92 Å². The van der Waals surface area contributed by atoms with Gasteiger partial charge in [-0.3, -0.25) is 0 Å². The molecule has 0 atom stereocenters. The van der Waals surface area contributed by atoms with Gasteiger partial charge < -0.3 is 15.2 Å². The lowest BCUT2D eigenvalue weighted by molar-refractivity contribution is 0.108. The summed E-state index contributed by atoms with van der Waals surface area (Å²) in [6.45, 7) is 9.46. The van der Waals surface area contributed by atoms with Crippen molar-refractivity contribution < 1.29 is 9.84 Å². The Morgan fingerprint density at radius 2 is 2.11 bits per heavy atom. The highest BCUT2D eigenvalue weighted by Gasteiger charge is 2.02. The number of aromatic hydroxyl groups is 1. The minimum absolute atomic E-state index is 0.404. The second-order valence-electron chi connectivity index (χ2n) is 5.08. The molecular formula is C15H25NO2. The van der Waals surface area contributed by atoms with E-state index in [9.17, 15) is 5.11 Å². The van der Waals surface area contributed by atoms with E-state index >= 15 is 0 Å². The van der Waals surface area contributed by atoms with Gasteiger partial charge in [0.2, 0.25) is 0 Å². The summed E-state index contributed by atoms with van der Waals surface area (Å²) in [5.41, 5.74) is 1.88. The second kappa shape index (κ2) is 8.11. The normalized spacial score (nSPS) is 11.1. The van der Waals surface area contributed by atoms with Crippen LogP contribution in [0.1, 0.15) is 31.4 Å². The van der Waals surface area contributed by atoms with Crippen molar-refractivity contribution in [3.05, 3.63) is 29.3 Å². The van der Waals surface area contributed by atoms with E-state index in [-0.39, 0.29) is 0 Å². The van der Waals surface area contributed by atoms with Gasteiger partial charge in [-0.1, -0.05) is 32.0 Å². The number of phenolic OH excluding ortho intramolecular Hbond substituents is 1. The first-order valence-electron chi connectivity index (χ1n) is 6.67. The molecule has 0 aromatic heterocycles. The number of nitrogens with one attached hydrogen (secondary N) is 1. The van der Waals surface area contributed by atoms with Crippen LogP contribution in [-0.2, 0) is 11.3 Å². The first-order chi connectivity index (χ1) is 8.61. The molecule has 2 N–H and O–H groups in total. The van der Waals surface area contributed by atoms with Gasteiger partial charge in [0.05, 0.1) is 0 Å². The van der Waals surface area contributed by atoms with Gasteiger partial charge in [0.25, 0.3) is 0 Å². The minimum atomic E-state index is 0.404. The summed E-state index contributed by atoms with van der Waals surface area (Å²) < 4.78 is 5.50. The van der Waals surface area contributed by atoms with Crippen LogP contribution in [0.25, 0.3) is 0 Å². The van der Waals surface area contributed by atoms with E-state index in [4.69, 9.17) is 4.74 Å². The fourth-order valence-corrected chi connectivity index (χ4v) is 1.70. The molecule has 1 aromatic rings. The number of hydrogen-bond donors (Lipinski definition) is 2. The molecule has 3 nitrogen and oxygen atoms in total. The molecule has 0 unspecified atom stereocenters. The van der Waals surface area contributed by atoms with Gasteiger partial charge in [0.1, 0.15) is 5.75 Å². The van der Waals surface area contributed by atoms with Gasteiger partial charge in [-0.05, 0) is 31.4 Å². The average molecular weight is 251 g/mol. The topological polar surface area (TPSA) is 41.5 Å². The smallest absolute Gasteiger partial charge is 0.122 e. The number of para-hydroxylation sites is 1. The van der Waals surface area contributed by atoms with Gasteiger partial charge in [0, 0.05) is 25.3 Å². The summed E-state index contributed by atoms with van der Waals surface area (Å²) >= 11 is 0. The Hall–Kier alpha value is -1.06. The molecule has 0 aliphatic carbocycles. The molecule has 1 aromatic carbocycles. The van der Waals surface area contributed by atoms with E-state index in [1.807, 2.05) is 25.1 Å². The third-order valence-electron chi connectivity index (χ3n) is 2.73. The lowest BCUT2D eigenvalue weighted by atomic mass is 10.1. The molecule has 0 aliphatic heterocycles. The van der Waals surface area contributed by atoms with Gasteiger partial charge in [-0.2, -0.15) is 0 Å². The first kappa shape index (κ1) is 15.0. The molecule has 1 rings (SSSR count). The fourth-order valence-electron chi connectivity index (χ4n) is 1.70. The van der Waals surface area contributed by atoms with Crippen LogP contribution in [0, 0.1) is 12.8 Å². The van der Waals surface area contributed by atoms with Crippen molar-refractivity contribution in [2.45, 2.75) is 33.7 Å². The Bertz CT molecular complexity index is 350. The number of aryl methyl sites for hydroxylation is 1. The van der Waals surface area contributed by atoms with Gasteiger partial charge in [-0.25, -0.2) is 0 Å². The van der Waals surface area contributed by atoms with Gasteiger partial charge in [-0.15, -0.1) is 0 Å². The molecule has 0 saturated heterocycles. The Balaban J connectivity index is 2.13. The molecule has 0 bridgehead atoms. The lowest BCUT2D eigenvalue weighted by Crippen LogP contribution is -2.17. The van der Waals surface area contributed by atoms with Crippen molar-refractivity contribution in [3.8, 4) is 5.75 Å². The predicted molar refractivity (Wildman–Crippen MR) is 74.8 cm³/mol. The summed E-state index contributed by atoms with van der Waals surface area (Å²) in [4.78, 5) is 0. The largest absolute Gasteiger partial charge is 0.507 e. The summed E-state index contributed by atoms with van der Waals surface area (Å²) in [6, 6.07) is 5.83. The zero-order valence-electron chi connectivity index (χ0n) is 11.7. The zero-order chi connectivity index (χ0) is 13.4. The highest BCUT2D eigenvalue weighted by atomic mass is 16.5. The Kier molecular flexibility index (Phi) is 6.76. The van der Waals surface area contributed by atoms with Crippen molar-refractivity contribution in [2.75, 3.05) is 19.8 Å². The fraction of sp³-hybridized carbons (Fsp3) is 0.600. The molecule has 0 heterocycles. The van der Waals surface area contributed by atoms with E-state index in [1.165, 1.54) is 0 Å². The second-order valence-corrected chi connectivity index (χ2v) is 5.08. The molecule has 0 spiro atoms. The summed E-state index contributed by atoms with van der Waals surface area (Å²) in [5.74, 6) is 1.00. The van der Waals surface area contributed by atoms with Crippen LogP contribution in [0.3, 0.4) is 0 Å². The van der Waals surface area contributed by atoms with E-state index in [0.29, 0.717) is 18.2 Å². The molecule has 3 heteroatoms. The van der Waals surface area contributed by atoms with Crippen LogP contribution >= 0.6 is 0 Å². The highest BCUT2D eigenvalue weighted by molar-refractivity contribution is 5.39. The number of rotatable bonds is 8. The predicted octanol–water partition coefficient (Wildman–Crippen LogP) is 2.85. The van der Waals surface area contributed by atoms with Crippen LogP contribution in [0.15, 0.2) is 18.2 Å². The number of benzene rings is 1. The van der Waals surface area contributed by atoms with E-state index in [2.05, 4.69) is 19.2 Å². The van der Waals surface area contributed by atoms with Crippen molar-refractivity contribution >= 4 is 0 Å². The van der Waals surface area contributed by atoms with E-state index in [1.54, 1.807) is 0 Å². The third-order valence-corrected chi connectivity index (χ3v) is 2.73. The quantitative estimate of drug-likeness (QED) is 0.698. The molecule has 0 saturated carbocycles. The van der Waals surface area contributed by atoms with Crippen LogP contribution in [-0.4, -0.2) is 24.9 Å². The van der Waals surface area contributed by atoms with Crippen molar-refractivity contribution in [3.63, 3.8) is 0 Å². The molecule has 0 aliphatic rings. The Morgan fingerprint density at radius 3 is 2.83 bits per heavy atom. The van der Waals surface area contributed by atoms with Crippen LogP contribution in [0.5, 0.6) is 5.75 Å². The van der Waals surface area contributed by atoms with Crippen molar-refractivity contribution in [1.82, 2.24) is 5.32 Å². The van der Waals surface area contributed by atoms with Crippen LogP contribution in [0.4, 0.5) is 0 Å². The van der Waals surface area contributed by atoms with Crippen LogP contribution < -0.4 is 5.32 Å². The number of ether oxygens (including phenoxy) is 1. The standard InChI is InChI=1S/C15H25NO2/c1-12(2)11-18-9-5-8-16-10-14-7-4-6-13(3)15(14)17/h4,6-7,12,16-17H,5,8-11H2,1-3H3. The monoisotopic (exact) mass is 251 g/mol. The Morgan fingerprint density at radius 1 is 1.33 bits per heavy atom. The number of hydrogen-bond acceptors (Lipinski definition) is 3. The molecule has 18 heavy (non-hydrogen) atoms. The SMILES string of the molecule is Cc1cccc(CNCCCOCC(C)C)c1O. The minimum Gasteiger partial charge on any atom is -0.507 e. The van der Waals surface area contributed by atoms with Gasteiger partial charge in [0.15, 0.2) is 0 Å².